The maximum absolute atomic E-state index is 11.8. The summed E-state index contributed by atoms with van der Waals surface area (Å²) in [6, 6.07) is 0. The lowest BCUT2D eigenvalue weighted by Gasteiger charge is -2.63. The summed E-state index contributed by atoms with van der Waals surface area (Å²) in [6.07, 6.45) is 6.88. The molecule has 0 bridgehead atoms. The molecule has 11 atom stereocenters. The van der Waals surface area contributed by atoms with Crippen molar-refractivity contribution in [3.8, 4) is 0 Å². The quantitative estimate of drug-likeness (QED) is 0.561. The molecule has 4 saturated carbocycles. The minimum atomic E-state index is -0.353. The summed E-state index contributed by atoms with van der Waals surface area (Å²) >= 11 is 0. The fraction of sp³-hybridized carbons (Fsp3) is 0.960. The van der Waals surface area contributed by atoms with E-state index >= 15 is 0 Å². The first-order valence-corrected chi connectivity index (χ1v) is 12.4. The highest BCUT2D eigenvalue weighted by Crippen LogP contribution is 2.68. The van der Waals surface area contributed by atoms with Crippen LogP contribution in [0, 0.1) is 46.3 Å². The Morgan fingerprint density at radius 3 is 2.50 bits per heavy atom. The van der Waals surface area contributed by atoms with Gasteiger partial charge in [-0.25, -0.2) is 0 Å². The summed E-state index contributed by atoms with van der Waals surface area (Å²) < 4.78 is 0. The van der Waals surface area contributed by atoms with Gasteiger partial charge in [-0.3, -0.25) is 4.79 Å². The van der Waals surface area contributed by atoms with Gasteiger partial charge in [-0.15, -0.1) is 0 Å². The molecule has 0 aromatic carbocycles. The Hall–Kier alpha value is -0.650. The highest BCUT2D eigenvalue weighted by Gasteiger charge is 2.65. The number of fused-ring (bicyclic) bond motifs is 5. The molecule has 172 valence electrons. The Balaban J connectivity index is 1.58. The normalized spacial score (nSPS) is 51.4. The van der Waals surface area contributed by atoms with E-state index in [1.54, 1.807) is 7.05 Å². The number of hydrogen-bond donors (Lipinski definition) is 4. The first kappa shape index (κ1) is 22.5. The van der Waals surface area contributed by atoms with Gasteiger partial charge in [0.05, 0.1) is 18.3 Å². The van der Waals surface area contributed by atoms with E-state index in [2.05, 4.69) is 26.1 Å². The summed E-state index contributed by atoms with van der Waals surface area (Å²) in [5.41, 5.74) is -0.0595. The van der Waals surface area contributed by atoms with Gasteiger partial charge in [0.2, 0.25) is 5.91 Å². The maximum atomic E-state index is 11.8. The molecule has 0 spiro atoms. The van der Waals surface area contributed by atoms with Crippen molar-refractivity contribution in [3.05, 3.63) is 0 Å². The summed E-state index contributed by atoms with van der Waals surface area (Å²) in [5.74, 6) is 2.17. The van der Waals surface area contributed by atoms with Crippen LogP contribution in [-0.2, 0) is 4.79 Å². The third kappa shape index (κ3) is 3.34. The number of carbonyl (C=O) groups is 1. The smallest absolute Gasteiger partial charge is 0.219 e. The van der Waals surface area contributed by atoms with E-state index < -0.39 is 0 Å². The molecule has 5 heteroatoms. The van der Waals surface area contributed by atoms with Crippen molar-refractivity contribution in [2.75, 3.05) is 7.05 Å². The van der Waals surface area contributed by atoms with Crippen LogP contribution in [0.1, 0.15) is 78.6 Å². The van der Waals surface area contributed by atoms with Gasteiger partial charge < -0.3 is 20.6 Å². The zero-order chi connectivity index (χ0) is 21.8. The van der Waals surface area contributed by atoms with E-state index in [0.29, 0.717) is 36.0 Å². The number of rotatable bonds is 4. The number of amides is 1. The van der Waals surface area contributed by atoms with Crippen LogP contribution >= 0.6 is 0 Å². The SMILES string of the molecule is CNC(=O)CC[C@@H](C)C1CCC2C3C(O)CC4CC(O)CCC4(C)C3CC(O)C21C. The minimum absolute atomic E-state index is 0.0898. The zero-order valence-corrected chi connectivity index (χ0v) is 19.3. The molecule has 4 rings (SSSR count). The third-order valence-corrected chi connectivity index (χ3v) is 10.6. The van der Waals surface area contributed by atoms with Crippen molar-refractivity contribution in [2.24, 2.45) is 46.3 Å². The Bertz CT molecular complexity index is 655. The first-order chi connectivity index (χ1) is 14.1. The topological polar surface area (TPSA) is 89.8 Å². The van der Waals surface area contributed by atoms with Crippen LogP contribution in [0.3, 0.4) is 0 Å². The van der Waals surface area contributed by atoms with Gasteiger partial charge in [-0.1, -0.05) is 20.8 Å². The van der Waals surface area contributed by atoms with Crippen LogP contribution in [0.25, 0.3) is 0 Å². The second-order valence-corrected chi connectivity index (χ2v) is 11.7. The van der Waals surface area contributed by atoms with E-state index in [9.17, 15) is 20.1 Å². The van der Waals surface area contributed by atoms with E-state index in [0.717, 1.165) is 51.4 Å². The second kappa shape index (κ2) is 8.04. The van der Waals surface area contributed by atoms with E-state index in [-0.39, 0.29) is 41.0 Å². The van der Waals surface area contributed by atoms with Gasteiger partial charge in [0.15, 0.2) is 0 Å². The van der Waals surface area contributed by atoms with Gasteiger partial charge in [-0.05, 0) is 97.7 Å². The summed E-state index contributed by atoms with van der Waals surface area (Å²) in [5, 5.41) is 35.8. The van der Waals surface area contributed by atoms with Gasteiger partial charge >= 0.3 is 0 Å². The van der Waals surface area contributed by atoms with Gasteiger partial charge in [0.25, 0.3) is 0 Å². The zero-order valence-electron chi connectivity index (χ0n) is 19.3. The Kier molecular flexibility index (Phi) is 6.04. The molecule has 4 fully saturated rings. The molecule has 0 aromatic rings. The van der Waals surface area contributed by atoms with Crippen LogP contribution in [0.4, 0.5) is 0 Å². The number of nitrogens with one attached hydrogen (secondary N) is 1. The van der Waals surface area contributed by atoms with Gasteiger partial charge in [0, 0.05) is 13.5 Å². The lowest BCUT2D eigenvalue weighted by molar-refractivity contribution is -0.207. The maximum Gasteiger partial charge on any atom is 0.219 e. The Morgan fingerprint density at radius 1 is 1.07 bits per heavy atom. The van der Waals surface area contributed by atoms with Crippen molar-refractivity contribution in [1.29, 1.82) is 0 Å². The van der Waals surface area contributed by atoms with E-state index in [1.165, 1.54) is 0 Å². The molecule has 0 aromatic heterocycles. The number of aliphatic hydroxyl groups is 3. The monoisotopic (exact) mass is 421 g/mol. The molecule has 0 aliphatic heterocycles. The lowest BCUT2D eigenvalue weighted by atomic mass is 9.43. The van der Waals surface area contributed by atoms with Crippen molar-refractivity contribution in [1.82, 2.24) is 5.32 Å². The van der Waals surface area contributed by atoms with Gasteiger partial charge in [-0.2, -0.15) is 0 Å². The van der Waals surface area contributed by atoms with Crippen LogP contribution in [0.2, 0.25) is 0 Å². The van der Waals surface area contributed by atoms with Crippen LogP contribution < -0.4 is 5.32 Å². The second-order valence-electron chi connectivity index (χ2n) is 11.7. The first-order valence-electron chi connectivity index (χ1n) is 12.4. The fourth-order valence-electron chi connectivity index (χ4n) is 8.82. The summed E-state index contributed by atoms with van der Waals surface area (Å²) in [4.78, 5) is 11.8. The average molecular weight is 422 g/mol. The molecule has 0 radical (unpaired) electrons. The largest absolute Gasteiger partial charge is 0.393 e. The van der Waals surface area contributed by atoms with Crippen LogP contribution in [0.5, 0.6) is 0 Å². The molecule has 10 unspecified atom stereocenters. The molecule has 4 N–H and O–H groups in total. The molecule has 1 amide bonds. The molecule has 4 aliphatic carbocycles. The predicted molar refractivity (Wildman–Crippen MR) is 116 cm³/mol. The Labute approximate surface area is 182 Å². The highest BCUT2D eigenvalue weighted by atomic mass is 16.3. The molecule has 0 saturated heterocycles. The number of aliphatic hydroxyl groups excluding tert-OH is 3. The summed E-state index contributed by atoms with van der Waals surface area (Å²) in [6.45, 7) is 6.90. The van der Waals surface area contributed by atoms with E-state index in [1.807, 2.05) is 0 Å². The van der Waals surface area contributed by atoms with Crippen molar-refractivity contribution in [2.45, 2.75) is 96.9 Å². The standard InChI is InChI=1S/C25H43NO4/c1-14(5-8-22(30)26-4)17-6-7-18-23-19(13-21(29)25(17,18)3)24(2)10-9-16(27)11-15(24)12-20(23)28/h14-21,23,27-29H,5-13H2,1-4H3,(H,26,30)/t14-,15?,16?,17?,18?,19?,20?,21?,23?,24?,25?/m1/s1. The number of carbonyl (C=O) groups excluding carboxylic acids is 1. The number of hydrogen-bond acceptors (Lipinski definition) is 4. The summed E-state index contributed by atoms with van der Waals surface area (Å²) in [7, 11) is 1.69. The lowest BCUT2D eigenvalue weighted by Crippen LogP contribution is -2.62. The van der Waals surface area contributed by atoms with Crippen LogP contribution in [-0.4, -0.2) is 46.6 Å². The van der Waals surface area contributed by atoms with Crippen molar-refractivity contribution in [3.63, 3.8) is 0 Å². The Morgan fingerprint density at radius 2 is 1.80 bits per heavy atom. The molecule has 30 heavy (non-hydrogen) atoms. The minimum Gasteiger partial charge on any atom is -0.393 e. The van der Waals surface area contributed by atoms with Crippen LogP contribution in [0.15, 0.2) is 0 Å². The molecule has 4 aliphatic rings. The van der Waals surface area contributed by atoms with Crippen molar-refractivity contribution >= 4 is 5.91 Å². The molecular formula is C25H43NO4. The molecule has 0 heterocycles. The molecule has 5 nitrogen and oxygen atoms in total. The average Bonchev–Trinajstić information content (AvgIpc) is 3.06. The highest BCUT2D eigenvalue weighted by molar-refractivity contribution is 5.75. The van der Waals surface area contributed by atoms with Gasteiger partial charge in [0.1, 0.15) is 0 Å². The molecular weight excluding hydrogens is 378 g/mol. The van der Waals surface area contributed by atoms with E-state index in [4.69, 9.17) is 0 Å². The third-order valence-electron chi connectivity index (χ3n) is 10.6. The van der Waals surface area contributed by atoms with Crippen molar-refractivity contribution < 1.29 is 20.1 Å². The predicted octanol–water partition coefficient (Wildman–Crippen LogP) is 3.11. The fourth-order valence-corrected chi connectivity index (χ4v) is 8.82.